The molecule has 0 saturated heterocycles. The second-order valence-corrected chi connectivity index (χ2v) is 9.47. The van der Waals surface area contributed by atoms with Crippen molar-refractivity contribution >= 4 is 29.1 Å². The van der Waals surface area contributed by atoms with Gasteiger partial charge in [0.15, 0.2) is 0 Å². The second-order valence-electron chi connectivity index (χ2n) is 9.06. The number of nitrogens with zero attached hydrogens (tertiary/aromatic N) is 5. The molecule has 11 heteroatoms. The normalized spacial score (nSPS) is 15.2. The number of hydrogen-bond acceptors (Lipinski definition) is 7. The summed E-state index contributed by atoms with van der Waals surface area (Å²) in [6, 6.07) is 14.2. The summed E-state index contributed by atoms with van der Waals surface area (Å²) >= 11 is 6.12. The molecule has 0 bridgehead atoms. The van der Waals surface area contributed by atoms with Crippen LogP contribution in [0.1, 0.15) is 46.2 Å². The highest BCUT2D eigenvalue weighted by molar-refractivity contribution is 6.31. The number of ether oxygens (including phenoxy) is 2. The molecule has 2 atom stereocenters. The number of rotatable bonds is 7. The van der Waals surface area contributed by atoms with Crippen molar-refractivity contribution in [2.45, 2.75) is 19.0 Å². The zero-order valence-electron chi connectivity index (χ0n) is 21.4. The smallest absolute Gasteiger partial charge is 0.261 e. The summed E-state index contributed by atoms with van der Waals surface area (Å²) in [6.07, 6.45) is 1.56. The lowest BCUT2D eigenvalue weighted by Crippen LogP contribution is -2.30. The molecule has 1 unspecified atom stereocenters. The van der Waals surface area contributed by atoms with E-state index in [-0.39, 0.29) is 28.8 Å². The van der Waals surface area contributed by atoms with Crippen LogP contribution in [0.15, 0.2) is 54.7 Å². The highest BCUT2D eigenvalue weighted by Crippen LogP contribution is 2.47. The van der Waals surface area contributed by atoms with E-state index >= 15 is 0 Å². The maximum atomic E-state index is 14.1. The number of fused-ring (bicyclic) bond motifs is 1. The summed E-state index contributed by atoms with van der Waals surface area (Å²) in [4.78, 5) is 24.0. The zero-order valence-corrected chi connectivity index (χ0v) is 22.1. The Labute approximate surface area is 229 Å². The maximum absolute atomic E-state index is 14.1. The van der Waals surface area contributed by atoms with E-state index in [2.05, 4.69) is 16.0 Å². The lowest BCUT2D eigenvalue weighted by Gasteiger charge is -2.30. The summed E-state index contributed by atoms with van der Waals surface area (Å²) < 4.78 is 27.1. The minimum Gasteiger partial charge on any atom is -0.480 e. The zero-order chi connectivity index (χ0) is 27.8. The first kappa shape index (κ1) is 26.2. The first-order valence-electron chi connectivity index (χ1n) is 12.0. The van der Waals surface area contributed by atoms with E-state index in [9.17, 15) is 14.4 Å². The lowest BCUT2D eigenvalue weighted by molar-refractivity contribution is 0.0993. The molecule has 198 valence electrons. The number of nitrogen functional groups attached to an aromatic ring is 1. The third-order valence-electron chi connectivity index (χ3n) is 6.67. The highest BCUT2D eigenvalue weighted by Gasteiger charge is 2.44. The second kappa shape index (κ2) is 10.4. The monoisotopic (exact) mass is 546 g/mol. The van der Waals surface area contributed by atoms with Crippen LogP contribution >= 0.6 is 11.6 Å². The third-order valence-corrected chi connectivity index (χ3v) is 6.96. The van der Waals surface area contributed by atoms with Crippen LogP contribution in [0.2, 0.25) is 5.02 Å². The van der Waals surface area contributed by atoms with Crippen LogP contribution in [0, 0.1) is 17.1 Å². The Morgan fingerprint density at radius 1 is 1.18 bits per heavy atom. The Morgan fingerprint density at radius 2 is 1.92 bits per heavy atom. The summed E-state index contributed by atoms with van der Waals surface area (Å²) in [5.74, 6) is -0.580. The van der Waals surface area contributed by atoms with Crippen molar-refractivity contribution in [3.05, 3.63) is 88.0 Å². The predicted octanol–water partition coefficient (Wildman–Crippen LogP) is 5.16. The molecular formula is C28H24ClFN6O3. The van der Waals surface area contributed by atoms with Gasteiger partial charge in [-0.05, 0) is 48.9 Å². The maximum Gasteiger partial charge on any atom is 0.261 e. The molecule has 1 aliphatic rings. The Kier molecular flexibility index (Phi) is 6.95. The fourth-order valence-electron chi connectivity index (χ4n) is 5.02. The number of carbonyl (C=O) groups excluding carboxylic acids is 1. The van der Waals surface area contributed by atoms with E-state index < -0.39 is 11.9 Å². The topological polar surface area (TPSA) is 119 Å². The minimum absolute atomic E-state index is 0.0529. The van der Waals surface area contributed by atoms with Crippen LogP contribution < -0.4 is 15.4 Å². The first-order chi connectivity index (χ1) is 18.8. The highest BCUT2D eigenvalue weighted by atomic mass is 35.5. The molecule has 0 spiro atoms. The molecule has 39 heavy (non-hydrogen) atoms. The van der Waals surface area contributed by atoms with Gasteiger partial charge < -0.3 is 19.8 Å². The van der Waals surface area contributed by atoms with E-state index in [0.29, 0.717) is 40.4 Å². The van der Waals surface area contributed by atoms with E-state index in [0.717, 1.165) is 5.56 Å². The number of methoxy groups -OCH3 is 2. The fourth-order valence-corrected chi connectivity index (χ4v) is 5.19. The average molecular weight is 547 g/mol. The van der Waals surface area contributed by atoms with Gasteiger partial charge in [0.25, 0.3) is 5.91 Å². The molecule has 4 aromatic rings. The van der Waals surface area contributed by atoms with E-state index in [1.165, 1.54) is 25.3 Å². The van der Waals surface area contributed by atoms with Gasteiger partial charge in [-0.25, -0.2) is 9.37 Å². The number of benzene rings is 2. The molecule has 5 rings (SSSR count). The standard InChI is InChI=1S/C28H24ClFN6O3/c1-15(14-38-2)35-23(20-13-33-28(32)34-26(20)39-3)11-19-25(35)24(17-6-4-16(12-31)5-7-17)36(27(19)37)18-8-9-22(30)21(29)10-18/h4-11,13,15,24H,14H2,1-3H3,(H2,32,33,34)/t15-,24?/m1/s1. The molecule has 2 N–H and O–H groups in total. The molecule has 0 fully saturated rings. The van der Waals surface area contributed by atoms with Crippen molar-refractivity contribution in [1.82, 2.24) is 14.5 Å². The largest absolute Gasteiger partial charge is 0.480 e. The van der Waals surface area contributed by atoms with Gasteiger partial charge in [-0.2, -0.15) is 10.2 Å². The number of amides is 1. The molecule has 0 saturated carbocycles. The number of aromatic nitrogens is 3. The van der Waals surface area contributed by atoms with Gasteiger partial charge in [-0.15, -0.1) is 0 Å². The van der Waals surface area contributed by atoms with Crippen LogP contribution in [0.25, 0.3) is 11.3 Å². The van der Waals surface area contributed by atoms with Gasteiger partial charge >= 0.3 is 0 Å². The summed E-state index contributed by atoms with van der Waals surface area (Å²) in [6.45, 7) is 2.30. The van der Waals surface area contributed by atoms with Gasteiger partial charge in [0.2, 0.25) is 11.8 Å². The number of carbonyl (C=O) groups is 1. The van der Waals surface area contributed by atoms with Crippen LogP contribution in [-0.2, 0) is 4.74 Å². The molecular weight excluding hydrogens is 523 g/mol. The van der Waals surface area contributed by atoms with E-state index in [1.807, 2.05) is 11.5 Å². The Hall–Kier alpha value is -4.46. The molecule has 2 aromatic carbocycles. The molecule has 1 aliphatic heterocycles. The lowest BCUT2D eigenvalue weighted by atomic mass is 10.0. The van der Waals surface area contributed by atoms with Crippen LogP contribution in [0.5, 0.6) is 5.88 Å². The van der Waals surface area contributed by atoms with Crippen molar-refractivity contribution in [3.63, 3.8) is 0 Å². The number of nitriles is 1. The van der Waals surface area contributed by atoms with Gasteiger partial charge in [-0.3, -0.25) is 9.69 Å². The molecule has 0 radical (unpaired) electrons. The fraction of sp³-hybridized carbons (Fsp3) is 0.214. The minimum atomic E-state index is -0.629. The number of nitrogens with two attached hydrogens (primary N) is 1. The molecule has 1 amide bonds. The van der Waals surface area contributed by atoms with Crippen molar-refractivity contribution in [1.29, 1.82) is 5.26 Å². The van der Waals surface area contributed by atoms with Gasteiger partial charge in [0.1, 0.15) is 11.9 Å². The molecule has 0 aliphatic carbocycles. The van der Waals surface area contributed by atoms with Crippen molar-refractivity contribution < 1.29 is 18.7 Å². The Morgan fingerprint density at radius 3 is 2.56 bits per heavy atom. The Bertz CT molecular complexity index is 1620. The third kappa shape index (κ3) is 4.46. The van der Waals surface area contributed by atoms with Gasteiger partial charge in [0.05, 0.1) is 58.9 Å². The quantitative estimate of drug-likeness (QED) is 0.340. The van der Waals surface area contributed by atoms with Gasteiger partial charge in [-0.1, -0.05) is 23.7 Å². The summed E-state index contributed by atoms with van der Waals surface area (Å²) in [5, 5.41) is 9.24. The van der Waals surface area contributed by atoms with Crippen molar-refractivity contribution in [3.8, 4) is 23.2 Å². The van der Waals surface area contributed by atoms with E-state index in [1.54, 1.807) is 48.5 Å². The Balaban J connectivity index is 1.80. The number of hydrogen-bond donors (Lipinski definition) is 1. The molecule has 3 heterocycles. The summed E-state index contributed by atoms with van der Waals surface area (Å²) in [5.41, 5.74) is 9.76. The number of anilines is 2. The first-order valence-corrected chi connectivity index (χ1v) is 12.4. The average Bonchev–Trinajstić information content (AvgIpc) is 3.45. The van der Waals surface area contributed by atoms with Crippen LogP contribution in [0.4, 0.5) is 16.0 Å². The van der Waals surface area contributed by atoms with Crippen LogP contribution in [0.3, 0.4) is 0 Å². The predicted molar refractivity (Wildman–Crippen MR) is 144 cm³/mol. The summed E-state index contributed by atoms with van der Waals surface area (Å²) in [7, 11) is 3.08. The SMILES string of the molecule is COC[C@@H](C)n1c(-c2cnc(N)nc2OC)cc2c1C(c1ccc(C#N)cc1)N(c1ccc(F)c(Cl)c1)C2=O. The van der Waals surface area contributed by atoms with Crippen LogP contribution in [-0.4, -0.2) is 41.3 Å². The number of halogens is 2. The molecule has 2 aromatic heterocycles. The molecule has 9 nitrogen and oxygen atoms in total. The van der Waals surface area contributed by atoms with Crippen molar-refractivity contribution in [2.24, 2.45) is 0 Å². The van der Waals surface area contributed by atoms with E-state index in [4.69, 9.17) is 26.8 Å². The van der Waals surface area contributed by atoms with Crippen molar-refractivity contribution in [2.75, 3.05) is 31.5 Å². The van der Waals surface area contributed by atoms with Gasteiger partial charge in [0, 0.05) is 19.0 Å².